The molecule has 1 aliphatic heterocycles. The number of aromatic nitrogens is 1. The minimum absolute atomic E-state index is 0.223. The van der Waals surface area contributed by atoms with Crippen molar-refractivity contribution in [3.05, 3.63) is 41.8 Å². The lowest BCUT2D eigenvalue weighted by atomic mass is 10.2. The summed E-state index contributed by atoms with van der Waals surface area (Å²) < 4.78 is 35.7. The summed E-state index contributed by atoms with van der Waals surface area (Å²) in [5, 5.41) is 0. The zero-order chi connectivity index (χ0) is 19.1. The van der Waals surface area contributed by atoms with Crippen LogP contribution in [0, 0.1) is 0 Å². The van der Waals surface area contributed by atoms with Gasteiger partial charge in [0, 0.05) is 19.2 Å². The molecular formula is C19H25N2O5P. The van der Waals surface area contributed by atoms with E-state index in [1.165, 1.54) is 0 Å². The number of hydrogen-bond donors (Lipinski definition) is 0. The first kappa shape index (κ1) is 19.8. The normalized spacial score (nSPS) is 15.6. The second-order valence-electron chi connectivity index (χ2n) is 5.86. The SMILES string of the molecule is CCOP(=O)(OCC)c1nc(/C=C/c2ccccc2)oc1N1CCOCC1. The van der Waals surface area contributed by atoms with E-state index in [-0.39, 0.29) is 18.6 Å². The van der Waals surface area contributed by atoms with Crippen LogP contribution in [-0.4, -0.2) is 44.5 Å². The minimum Gasteiger partial charge on any atom is -0.420 e. The first-order valence-electron chi connectivity index (χ1n) is 9.12. The maximum absolute atomic E-state index is 13.3. The smallest absolute Gasteiger partial charge is 0.385 e. The van der Waals surface area contributed by atoms with Gasteiger partial charge in [0.1, 0.15) is 0 Å². The highest BCUT2D eigenvalue weighted by Gasteiger charge is 2.37. The van der Waals surface area contributed by atoms with Crippen molar-refractivity contribution >= 4 is 31.1 Å². The molecule has 2 aromatic rings. The van der Waals surface area contributed by atoms with Crippen molar-refractivity contribution in [1.82, 2.24) is 4.98 Å². The maximum atomic E-state index is 13.3. The van der Waals surface area contributed by atoms with E-state index in [0.29, 0.717) is 38.1 Å². The predicted octanol–water partition coefficient (Wildman–Crippen LogP) is 3.57. The highest BCUT2D eigenvalue weighted by Crippen LogP contribution is 2.49. The van der Waals surface area contributed by atoms with E-state index >= 15 is 0 Å². The molecule has 2 heterocycles. The monoisotopic (exact) mass is 392 g/mol. The van der Waals surface area contributed by atoms with Crippen LogP contribution < -0.4 is 10.3 Å². The first-order valence-corrected chi connectivity index (χ1v) is 10.7. The van der Waals surface area contributed by atoms with Crippen LogP contribution in [0.4, 0.5) is 5.88 Å². The van der Waals surface area contributed by atoms with Gasteiger partial charge in [0.15, 0.2) is 0 Å². The zero-order valence-electron chi connectivity index (χ0n) is 15.7. The molecule has 1 fully saturated rings. The molecule has 3 rings (SSSR count). The first-order chi connectivity index (χ1) is 13.2. The fourth-order valence-electron chi connectivity index (χ4n) is 2.77. The quantitative estimate of drug-likeness (QED) is 0.636. The molecule has 1 aliphatic rings. The fraction of sp³-hybridized carbons (Fsp3) is 0.421. The van der Waals surface area contributed by atoms with E-state index in [4.69, 9.17) is 18.2 Å². The van der Waals surface area contributed by atoms with E-state index in [1.807, 2.05) is 41.3 Å². The van der Waals surface area contributed by atoms with E-state index in [9.17, 15) is 4.57 Å². The molecule has 0 amide bonds. The number of rotatable bonds is 8. The fourth-order valence-corrected chi connectivity index (χ4v) is 4.41. The van der Waals surface area contributed by atoms with E-state index in [2.05, 4.69) is 4.98 Å². The Morgan fingerprint density at radius 3 is 2.41 bits per heavy atom. The number of hydrogen-bond acceptors (Lipinski definition) is 7. The Labute approximate surface area is 159 Å². The molecule has 1 saturated heterocycles. The maximum Gasteiger partial charge on any atom is 0.385 e. The van der Waals surface area contributed by atoms with Crippen LogP contribution in [0.1, 0.15) is 25.3 Å². The van der Waals surface area contributed by atoms with Crippen LogP contribution in [0.25, 0.3) is 12.2 Å². The number of anilines is 1. The number of oxazole rings is 1. The summed E-state index contributed by atoms with van der Waals surface area (Å²) in [6.45, 7) is 6.45. The largest absolute Gasteiger partial charge is 0.420 e. The molecule has 146 valence electrons. The van der Waals surface area contributed by atoms with Gasteiger partial charge < -0.3 is 23.1 Å². The molecule has 0 radical (unpaired) electrons. The average molecular weight is 392 g/mol. The molecule has 0 bridgehead atoms. The summed E-state index contributed by atoms with van der Waals surface area (Å²) in [4.78, 5) is 6.43. The van der Waals surface area contributed by atoms with E-state index in [1.54, 1.807) is 19.9 Å². The second-order valence-corrected chi connectivity index (χ2v) is 7.79. The Morgan fingerprint density at radius 2 is 1.78 bits per heavy atom. The summed E-state index contributed by atoms with van der Waals surface area (Å²) in [7, 11) is -3.57. The number of ether oxygens (including phenoxy) is 1. The molecule has 1 aromatic carbocycles. The molecular weight excluding hydrogens is 367 g/mol. The number of benzene rings is 1. The van der Waals surface area contributed by atoms with Crippen LogP contribution in [0.2, 0.25) is 0 Å². The zero-order valence-corrected chi connectivity index (χ0v) is 16.6. The molecule has 0 unspecified atom stereocenters. The van der Waals surface area contributed by atoms with Crippen molar-refractivity contribution in [1.29, 1.82) is 0 Å². The Balaban J connectivity index is 1.97. The molecule has 0 spiro atoms. The van der Waals surface area contributed by atoms with Crippen molar-refractivity contribution in [3.8, 4) is 0 Å². The lowest BCUT2D eigenvalue weighted by Gasteiger charge is -2.27. The summed E-state index contributed by atoms with van der Waals surface area (Å²) >= 11 is 0. The van der Waals surface area contributed by atoms with Crippen molar-refractivity contribution in [2.45, 2.75) is 13.8 Å². The second kappa shape index (κ2) is 9.33. The van der Waals surface area contributed by atoms with Crippen LogP contribution in [-0.2, 0) is 18.3 Å². The number of morpholine rings is 1. The van der Waals surface area contributed by atoms with Crippen LogP contribution in [0.5, 0.6) is 0 Å². The van der Waals surface area contributed by atoms with Gasteiger partial charge in [0.2, 0.25) is 17.2 Å². The topological polar surface area (TPSA) is 74.0 Å². The summed E-state index contributed by atoms with van der Waals surface area (Å²) in [5.74, 6) is 0.784. The summed E-state index contributed by atoms with van der Waals surface area (Å²) in [6.07, 6.45) is 3.65. The van der Waals surface area contributed by atoms with Gasteiger partial charge in [-0.25, -0.2) is 0 Å². The lowest BCUT2D eigenvalue weighted by Crippen LogP contribution is -2.38. The highest BCUT2D eigenvalue weighted by molar-refractivity contribution is 7.62. The molecule has 1 aromatic heterocycles. The van der Waals surface area contributed by atoms with Gasteiger partial charge in [0.25, 0.3) is 0 Å². The van der Waals surface area contributed by atoms with E-state index in [0.717, 1.165) is 5.56 Å². The molecule has 0 aliphatic carbocycles. The lowest BCUT2D eigenvalue weighted by molar-refractivity contribution is 0.120. The third kappa shape index (κ3) is 4.87. The molecule has 0 atom stereocenters. The van der Waals surface area contributed by atoms with Crippen LogP contribution in [0.3, 0.4) is 0 Å². The molecule has 7 nitrogen and oxygen atoms in total. The Hall–Kier alpha value is -1.92. The Bertz CT molecular complexity index is 790. The third-order valence-corrected chi connectivity index (χ3v) is 5.99. The van der Waals surface area contributed by atoms with Crippen LogP contribution >= 0.6 is 7.60 Å². The van der Waals surface area contributed by atoms with Crippen LogP contribution in [0.15, 0.2) is 34.7 Å². The van der Waals surface area contributed by atoms with Gasteiger partial charge in [-0.3, -0.25) is 4.57 Å². The van der Waals surface area contributed by atoms with Crippen molar-refractivity contribution in [2.75, 3.05) is 44.4 Å². The van der Waals surface area contributed by atoms with Gasteiger partial charge in [0.05, 0.1) is 26.4 Å². The molecule has 27 heavy (non-hydrogen) atoms. The van der Waals surface area contributed by atoms with Gasteiger partial charge in [-0.05, 0) is 25.5 Å². The minimum atomic E-state index is -3.57. The van der Waals surface area contributed by atoms with Gasteiger partial charge in [-0.15, -0.1) is 0 Å². The van der Waals surface area contributed by atoms with E-state index < -0.39 is 7.60 Å². The molecule has 8 heteroatoms. The third-order valence-electron chi connectivity index (χ3n) is 3.98. The van der Waals surface area contributed by atoms with Gasteiger partial charge in [-0.1, -0.05) is 30.3 Å². The van der Waals surface area contributed by atoms with Gasteiger partial charge in [-0.2, -0.15) is 4.98 Å². The van der Waals surface area contributed by atoms with Crippen molar-refractivity contribution in [3.63, 3.8) is 0 Å². The van der Waals surface area contributed by atoms with Crippen molar-refractivity contribution < 1.29 is 22.8 Å². The predicted molar refractivity (Wildman–Crippen MR) is 105 cm³/mol. The Kier molecular flexibility index (Phi) is 6.85. The Morgan fingerprint density at radius 1 is 1.11 bits per heavy atom. The van der Waals surface area contributed by atoms with Gasteiger partial charge >= 0.3 is 7.60 Å². The number of nitrogens with zero attached hydrogens (tertiary/aromatic N) is 2. The molecule has 0 N–H and O–H groups in total. The van der Waals surface area contributed by atoms with Crippen molar-refractivity contribution in [2.24, 2.45) is 0 Å². The highest BCUT2D eigenvalue weighted by atomic mass is 31.2. The standard InChI is InChI=1S/C19H25N2O5P/c1-3-24-27(22,25-4-2)18-19(21-12-14-23-15-13-21)26-17(20-18)11-10-16-8-6-5-7-9-16/h5-11H,3-4,12-15H2,1-2H3/b11-10+. The summed E-state index contributed by atoms with van der Waals surface area (Å²) in [6, 6.07) is 9.83. The summed E-state index contributed by atoms with van der Waals surface area (Å²) in [5.41, 5.74) is 1.24. The molecule has 0 saturated carbocycles. The average Bonchev–Trinajstić information content (AvgIpc) is 3.13.